The molecule has 0 amide bonds. The van der Waals surface area contributed by atoms with E-state index >= 15 is 0 Å². The summed E-state index contributed by atoms with van der Waals surface area (Å²) in [4.78, 5) is 7.51. The van der Waals surface area contributed by atoms with Gasteiger partial charge >= 0.3 is 0 Å². The van der Waals surface area contributed by atoms with Crippen LogP contribution in [0, 0.1) is 36.5 Å². The Morgan fingerprint density at radius 3 is 2.19 bits per heavy atom. The molecule has 0 aromatic carbocycles. The van der Waals surface area contributed by atoms with Gasteiger partial charge in [-0.25, -0.2) is 10.9 Å². The molecule has 4 rings (SSSR count). The van der Waals surface area contributed by atoms with Crippen LogP contribution >= 0.6 is 22.7 Å². The standard InChI is InChI=1S/C18H11N4OS2.C5H11N/c1-10-3-5-14(24-10)16-13(9-21)17(12(7-19)8-20)22-18(16,23)15-6-4-11(2)25-15;1-2-4-6-5-3-1/h3-6,23H,1-2H3;6H,1-5H2/q-1;/p+1. The van der Waals surface area contributed by atoms with Gasteiger partial charge in [0.25, 0.3) is 0 Å². The normalized spacial score (nSPS) is 20.1. The molecule has 0 radical (unpaired) electrons. The van der Waals surface area contributed by atoms with Crippen molar-refractivity contribution in [2.75, 3.05) is 13.1 Å². The largest absolute Gasteiger partial charge is 0.762 e. The predicted octanol–water partition coefficient (Wildman–Crippen LogP) is 3.43. The van der Waals surface area contributed by atoms with Crippen LogP contribution in [0.3, 0.4) is 0 Å². The fourth-order valence-corrected chi connectivity index (χ4v) is 5.42. The zero-order valence-corrected chi connectivity index (χ0v) is 19.1. The molecular weight excluding hydrogens is 426 g/mol. The number of rotatable bonds is 3. The van der Waals surface area contributed by atoms with Crippen molar-refractivity contribution >= 4 is 39.8 Å². The maximum atomic E-state index is 11.4. The maximum absolute atomic E-state index is 11.4. The second-order valence-electron chi connectivity index (χ2n) is 7.34. The van der Waals surface area contributed by atoms with Crippen molar-refractivity contribution in [1.29, 1.82) is 10.5 Å². The first-order chi connectivity index (χ1) is 14.9. The molecule has 0 aliphatic carbocycles. The summed E-state index contributed by atoms with van der Waals surface area (Å²) in [6, 6.07) is 11.1. The number of nitriles is 2. The van der Waals surface area contributed by atoms with Crippen LogP contribution in [0.25, 0.3) is 11.0 Å². The van der Waals surface area contributed by atoms with E-state index in [1.807, 2.05) is 38.1 Å². The highest BCUT2D eigenvalue weighted by molar-refractivity contribution is 7.13. The number of hydrogen-bond acceptors (Lipinski definition) is 6. The van der Waals surface area contributed by atoms with Crippen LogP contribution in [0.15, 0.2) is 40.4 Å². The Kier molecular flexibility index (Phi) is 7.35. The fourth-order valence-electron chi connectivity index (χ4n) is 3.55. The number of nitrogens with two attached hydrogens (primary N) is 1. The van der Waals surface area contributed by atoms with Crippen molar-refractivity contribution in [3.05, 3.63) is 60.3 Å². The molecule has 3 N–H and O–H groups in total. The number of allylic oxidation sites excluding steroid dienone is 2. The zero-order valence-electron chi connectivity index (χ0n) is 17.5. The summed E-state index contributed by atoms with van der Waals surface area (Å²) in [6.45, 7) is 6.58. The van der Waals surface area contributed by atoms with Crippen molar-refractivity contribution in [2.45, 2.75) is 38.8 Å². The number of aliphatic imine (C=N–C) groups is 1. The lowest BCUT2D eigenvalue weighted by molar-refractivity contribution is -0.662. The Morgan fingerprint density at radius 1 is 1.10 bits per heavy atom. The Labute approximate surface area is 190 Å². The lowest BCUT2D eigenvalue weighted by atomic mass is 9.95. The molecule has 0 spiro atoms. The topological polar surface area (TPSA) is 119 Å². The average molecular weight is 450 g/mol. The molecule has 1 atom stereocenters. The third-order valence-corrected chi connectivity index (χ3v) is 7.19. The Balaban J connectivity index is 0.000000391. The first-order valence-corrected chi connectivity index (χ1v) is 11.7. The van der Waals surface area contributed by atoms with Gasteiger partial charge in [0.1, 0.15) is 17.9 Å². The van der Waals surface area contributed by atoms with E-state index in [0.29, 0.717) is 15.3 Å². The monoisotopic (exact) mass is 449 g/mol. The summed E-state index contributed by atoms with van der Waals surface area (Å²) in [6.07, 6.45) is 4.36. The van der Waals surface area contributed by atoms with E-state index in [-0.39, 0.29) is 16.9 Å². The van der Waals surface area contributed by atoms with Gasteiger partial charge in [-0.05, 0) is 57.4 Å². The van der Waals surface area contributed by atoms with Gasteiger partial charge in [0.05, 0.1) is 29.1 Å². The smallest absolute Gasteiger partial charge is 0.221 e. The SMILES string of the molecule is C1CC[NH2+]CC1.Cc1ccc(C2=C(C#N)C(C(=C=[N-])C#N)=NC2(O)c2ccc(C)s2)s1. The van der Waals surface area contributed by atoms with Crippen molar-refractivity contribution < 1.29 is 10.4 Å². The van der Waals surface area contributed by atoms with Crippen LogP contribution in [-0.2, 0) is 5.72 Å². The van der Waals surface area contributed by atoms with Crippen molar-refractivity contribution in [2.24, 2.45) is 4.99 Å². The van der Waals surface area contributed by atoms with Crippen molar-refractivity contribution in [3.63, 3.8) is 0 Å². The van der Waals surface area contributed by atoms with Crippen LogP contribution < -0.4 is 5.32 Å². The Morgan fingerprint density at radius 2 is 1.77 bits per heavy atom. The van der Waals surface area contributed by atoms with Gasteiger partial charge in [-0.2, -0.15) is 10.5 Å². The van der Waals surface area contributed by atoms with Crippen LogP contribution in [0.1, 0.15) is 38.8 Å². The van der Waals surface area contributed by atoms with Crippen LogP contribution in [0.2, 0.25) is 0 Å². The van der Waals surface area contributed by atoms with E-state index in [1.54, 1.807) is 18.0 Å². The molecule has 0 bridgehead atoms. The summed E-state index contributed by atoms with van der Waals surface area (Å²) in [5.74, 6) is 1.76. The van der Waals surface area contributed by atoms with E-state index < -0.39 is 5.72 Å². The molecule has 2 aromatic rings. The highest BCUT2D eigenvalue weighted by Crippen LogP contribution is 2.48. The summed E-state index contributed by atoms with van der Waals surface area (Å²) in [5, 5.41) is 41.9. The van der Waals surface area contributed by atoms with E-state index in [0.717, 1.165) is 9.75 Å². The molecule has 2 aliphatic heterocycles. The highest BCUT2D eigenvalue weighted by Gasteiger charge is 2.45. The zero-order chi connectivity index (χ0) is 22.4. The van der Waals surface area contributed by atoms with Gasteiger partial charge in [0.2, 0.25) is 5.72 Å². The third-order valence-electron chi connectivity index (χ3n) is 5.07. The minimum absolute atomic E-state index is 0.0536. The Bertz CT molecular complexity index is 1150. The molecule has 158 valence electrons. The minimum Gasteiger partial charge on any atom is -0.762 e. The number of nitrogens with zero attached hydrogens (tertiary/aromatic N) is 4. The molecule has 1 fully saturated rings. The van der Waals surface area contributed by atoms with Crippen molar-refractivity contribution in [3.8, 4) is 12.1 Å². The predicted molar refractivity (Wildman–Crippen MR) is 125 cm³/mol. The number of hydrogen-bond donors (Lipinski definition) is 2. The summed E-state index contributed by atoms with van der Waals surface area (Å²) in [5.41, 5.74) is -1.73. The fraction of sp³-hybridized carbons (Fsp3) is 0.348. The van der Waals surface area contributed by atoms with Crippen LogP contribution in [0.4, 0.5) is 0 Å². The first kappa shape index (κ1) is 22.8. The molecule has 0 saturated carbocycles. The van der Waals surface area contributed by atoms with E-state index in [2.05, 4.69) is 10.3 Å². The second-order valence-corrected chi connectivity index (χ2v) is 9.92. The quantitative estimate of drug-likeness (QED) is 0.552. The number of thiophene rings is 2. The first-order valence-electron chi connectivity index (χ1n) is 10.0. The van der Waals surface area contributed by atoms with E-state index in [1.165, 1.54) is 55.0 Å². The summed E-state index contributed by atoms with van der Waals surface area (Å²) in [7, 11) is 0. The van der Waals surface area contributed by atoms with Gasteiger partial charge in [0, 0.05) is 20.2 Å². The number of aliphatic hydroxyl groups is 1. The molecule has 8 heteroatoms. The van der Waals surface area contributed by atoms with E-state index in [9.17, 15) is 21.0 Å². The third kappa shape index (κ3) is 4.75. The number of aryl methyl sites for hydroxylation is 2. The second kappa shape index (κ2) is 9.98. The number of quaternary nitrogens is 1. The summed E-state index contributed by atoms with van der Waals surface area (Å²) < 4.78 is 0. The van der Waals surface area contributed by atoms with Gasteiger partial charge in [-0.3, -0.25) is 0 Å². The highest BCUT2D eigenvalue weighted by atomic mass is 32.1. The molecule has 2 aromatic heterocycles. The molecular formula is C23H23N5OS2. The molecule has 4 heterocycles. The molecule has 6 nitrogen and oxygen atoms in total. The molecule has 1 saturated heterocycles. The maximum Gasteiger partial charge on any atom is 0.221 e. The lowest BCUT2D eigenvalue weighted by Gasteiger charge is -2.21. The molecule has 1 unspecified atom stereocenters. The van der Waals surface area contributed by atoms with Crippen LogP contribution in [-0.4, -0.2) is 29.8 Å². The number of piperidine rings is 1. The van der Waals surface area contributed by atoms with Gasteiger partial charge in [-0.15, -0.1) is 22.7 Å². The summed E-state index contributed by atoms with van der Waals surface area (Å²) >= 11 is 2.78. The lowest BCUT2D eigenvalue weighted by Crippen LogP contribution is -2.85. The Hall–Kier alpha value is -2.84. The van der Waals surface area contributed by atoms with Gasteiger partial charge < -0.3 is 15.8 Å². The van der Waals surface area contributed by atoms with E-state index in [4.69, 9.17) is 0 Å². The van der Waals surface area contributed by atoms with Gasteiger partial charge in [0.15, 0.2) is 0 Å². The van der Waals surface area contributed by atoms with Crippen LogP contribution in [0.5, 0.6) is 0 Å². The van der Waals surface area contributed by atoms with Crippen molar-refractivity contribution in [1.82, 2.24) is 0 Å². The average Bonchev–Trinajstić information content (AvgIpc) is 3.48. The molecule has 31 heavy (non-hydrogen) atoms. The minimum atomic E-state index is -1.78. The molecule has 2 aliphatic rings. The van der Waals surface area contributed by atoms with Gasteiger partial charge in [-0.1, -0.05) is 0 Å².